The Balaban J connectivity index is 2.36. The highest BCUT2D eigenvalue weighted by atomic mass is 19.4. The highest BCUT2D eigenvalue weighted by Crippen LogP contribution is 2.16. The molecule has 132 valence electrons. The smallest absolute Gasteiger partial charge is 0.405 e. The van der Waals surface area contributed by atoms with Crippen molar-refractivity contribution in [3.63, 3.8) is 0 Å². The van der Waals surface area contributed by atoms with Crippen LogP contribution in [-0.2, 0) is 14.3 Å². The van der Waals surface area contributed by atoms with E-state index >= 15 is 0 Å². The van der Waals surface area contributed by atoms with Crippen LogP contribution in [0.25, 0.3) is 0 Å². The van der Waals surface area contributed by atoms with Crippen molar-refractivity contribution in [2.24, 2.45) is 0 Å². The minimum Gasteiger partial charge on any atom is -0.496 e. The zero-order valence-corrected chi connectivity index (χ0v) is 12.6. The molecule has 0 aromatic heterocycles. The Bertz CT molecular complexity index is 604. The lowest BCUT2D eigenvalue weighted by atomic mass is 10.2. The van der Waals surface area contributed by atoms with Crippen LogP contribution in [0.3, 0.4) is 0 Å². The summed E-state index contributed by atoms with van der Waals surface area (Å²) in [5.74, 6) is -2.38. The van der Waals surface area contributed by atoms with Gasteiger partial charge in [0, 0.05) is 0 Å². The van der Waals surface area contributed by atoms with Gasteiger partial charge in [-0.3, -0.25) is 14.4 Å². The Morgan fingerprint density at radius 3 is 2.42 bits per heavy atom. The summed E-state index contributed by atoms with van der Waals surface area (Å²) in [7, 11) is 1.37. The average Bonchev–Trinajstić information content (AvgIpc) is 2.55. The molecule has 0 bridgehead atoms. The number of hydrogen-bond donors (Lipinski definition) is 2. The highest BCUT2D eigenvalue weighted by Gasteiger charge is 2.27. The molecular formula is C14H15F3N2O5. The summed E-state index contributed by atoms with van der Waals surface area (Å²) in [5, 5.41) is 3.79. The van der Waals surface area contributed by atoms with Gasteiger partial charge in [0.2, 0.25) is 0 Å². The van der Waals surface area contributed by atoms with Crippen LogP contribution in [0, 0.1) is 0 Å². The largest absolute Gasteiger partial charge is 0.496 e. The number of esters is 1. The van der Waals surface area contributed by atoms with Gasteiger partial charge in [0.1, 0.15) is 18.8 Å². The quantitative estimate of drug-likeness (QED) is 0.706. The Morgan fingerprint density at radius 1 is 1.12 bits per heavy atom. The first-order chi connectivity index (χ1) is 11.2. The van der Waals surface area contributed by atoms with Gasteiger partial charge in [0.15, 0.2) is 6.61 Å². The molecule has 0 atom stereocenters. The van der Waals surface area contributed by atoms with E-state index in [-0.39, 0.29) is 5.56 Å². The van der Waals surface area contributed by atoms with Gasteiger partial charge < -0.3 is 20.1 Å². The summed E-state index contributed by atoms with van der Waals surface area (Å²) in [5.41, 5.74) is 0.190. The van der Waals surface area contributed by atoms with Crippen molar-refractivity contribution in [2.45, 2.75) is 6.18 Å². The standard InChI is InChI=1S/C14H15F3N2O5/c1-23-10-5-3-2-4-9(10)13(22)18-6-12(21)24-7-11(20)19-8-14(15,16)17/h2-5H,6-8H2,1H3,(H,18,22)(H,19,20). The van der Waals surface area contributed by atoms with Crippen LogP contribution in [0.15, 0.2) is 24.3 Å². The molecule has 0 saturated heterocycles. The van der Waals surface area contributed by atoms with Gasteiger partial charge >= 0.3 is 12.1 Å². The van der Waals surface area contributed by atoms with E-state index in [1.807, 2.05) is 0 Å². The van der Waals surface area contributed by atoms with Crippen molar-refractivity contribution in [1.29, 1.82) is 0 Å². The van der Waals surface area contributed by atoms with Crippen LogP contribution in [0.2, 0.25) is 0 Å². The van der Waals surface area contributed by atoms with Crippen LogP contribution in [-0.4, -0.2) is 50.8 Å². The molecule has 0 fully saturated rings. The van der Waals surface area contributed by atoms with Crippen molar-refractivity contribution >= 4 is 17.8 Å². The summed E-state index contributed by atoms with van der Waals surface area (Å²) < 4.78 is 45.0. The molecule has 0 aliphatic rings. The molecule has 1 aromatic rings. The zero-order chi connectivity index (χ0) is 18.2. The van der Waals surface area contributed by atoms with Crippen molar-refractivity contribution < 1.29 is 37.0 Å². The molecule has 0 aliphatic carbocycles. The predicted octanol–water partition coefficient (Wildman–Crippen LogP) is 0.647. The van der Waals surface area contributed by atoms with Gasteiger partial charge in [0.25, 0.3) is 11.8 Å². The van der Waals surface area contributed by atoms with E-state index in [9.17, 15) is 27.6 Å². The third-order valence-corrected chi connectivity index (χ3v) is 2.60. The molecular weight excluding hydrogens is 333 g/mol. The Labute approximate surface area is 135 Å². The lowest BCUT2D eigenvalue weighted by molar-refractivity contribution is -0.150. The molecule has 0 spiro atoms. The number of carbonyl (C=O) groups excluding carboxylic acids is 3. The number of amides is 2. The van der Waals surface area contributed by atoms with Crippen LogP contribution in [0.5, 0.6) is 5.75 Å². The van der Waals surface area contributed by atoms with Gasteiger partial charge in [-0.2, -0.15) is 13.2 Å². The molecule has 24 heavy (non-hydrogen) atoms. The normalized spacial score (nSPS) is 10.7. The van der Waals surface area contributed by atoms with E-state index in [2.05, 4.69) is 10.1 Å². The van der Waals surface area contributed by atoms with Crippen LogP contribution in [0.4, 0.5) is 13.2 Å². The van der Waals surface area contributed by atoms with E-state index in [1.54, 1.807) is 18.2 Å². The molecule has 0 aliphatic heterocycles. The number of benzene rings is 1. The monoisotopic (exact) mass is 348 g/mol. The second-order valence-electron chi connectivity index (χ2n) is 4.44. The fourth-order valence-corrected chi connectivity index (χ4v) is 1.53. The maximum Gasteiger partial charge on any atom is 0.405 e. The summed E-state index contributed by atoms with van der Waals surface area (Å²) >= 11 is 0. The van der Waals surface area contributed by atoms with Gasteiger partial charge in [-0.15, -0.1) is 0 Å². The van der Waals surface area contributed by atoms with E-state index in [0.29, 0.717) is 5.75 Å². The number of halogens is 3. The zero-order valence-electron chi connectivity index (χ0n) is 12.6. The van der Waals surface area contributed by atoms with E-state index in [1.165, 1.54) is 18.5 Å². The molecule has 1 rings (SSSR count). The first-order valence-electron chi connectivity index (χ1n) is 6.63. The highest BCUT2D eigenvalue weighted by molar-refractivity contribution is 5.98. The summed E-state index contributed by atoms with van der Waals surface area (Å²) in [6, 6.07) is 6.28. The van der Waals surface area contributed by atoms with Gasteiger partial charge in [-0.05, 0) is 12.1 Å². The first kappa shape index (κ1) is 19.3. The third kappa shape index (κ3) is 6.99. The number of nitrogens with one attached hydrogen (secondary N) is 2. The van der Waals surface area contributed by atoms with Crippen molar-refractivity contribution in [1.82, 2.24) is 10.6 Å². The van der Waals surface area contributed by atoms with E-state index in [0.717, 1.165) is 0 Å². The van der Waals surface area contributed by atoms with Crippen LogP contribution < -0.4 is 15.4 Å². The molecule has 0 heterocycles. The molecule has 2 amide bonds. The van der Waals surface area contributed by atoms with Crippen molar-refractivity contribution in [3.8, 4) is 5.75 Å². The second-order valence-corrected chi connectivity index (χ2v) is 4.44. The van der Waals surface area contributed by atoms with E-state index in [4.69, 9.17) is 4.74 Å². The Kier molecular flexibility index (Phi) is 7.02. The molecule has 0 unspecified atom stereocenters. The average molecular weight is 348 g/mol. The molecule has 0 saturated carbocycles. The Morgan fingerprint density at radius 2 is 1.79 bits per heavy atom. The molecule has 2 N–H and O–H groups in total. The number of para-hydroxylation sites is 1. The number of rotatable bonds is 7. The third-order valence-electron chi connectivity index (χ3n) is 2.60. The fourth-order valence-electron chi connectivity index (χ4n) is 1.53. The summed E-state index contributed by atoms with van der Waals surface area (Å²) in [6.45, 7) is -2.95. The van der Waals surface area contributed by atoms with Gasteiger partial charge in [-0.1, -0.05) is 12.1 Å². The van der Waals surface area contributed by atoms with E-state index < -0.39 is 43.7 Å². The number of carbonyl (C=O) groups is 3. The molecule has 10 heteroatoms. The van der Waals surface area contributed by atoms with Crippen LogP contribution >= 0.6 is 0 Å². The topological polar surface area (TPSA) is 93.7 Å². The number of ether oxygens (including phenoxy) is 2. The molecule has 7 nitrogen and oxygen atoms in total. The van der Waals surface area contributed by atoms with Crippen molar-refractivity contribution in [2.75, 3.05) is 26.8 Å². The Hall–Kier alpha value is -2.78. The first-order valence-corrected chi connectivity index (χ1v) is 6.63. The molecule has 0 radical (unpaired) electrons. The lowest BCUT2D eigenvalue weighted by Gasteiger charge is -2.10. The van der Waals surface area contributed by atoms with Gasteiger partial charge in [0.05, 0.1) is 12.7 Å². The maximum absolute atomic E-state index is 11.9. The maximum atomic E-state index is 11.9. The fraction of sp³-hybridized carbons (Fsp3) is 0.357. The minimum atomic E-state index is -4.55. The second kappa shape index (κ2) is 8.75. The van der Waals surface area contributed by atoms with Crippen LogP contribution in [0.1, 0.15) is 10.4 Å². The number of alkyl halides is 3. The van der Waals surface area contributed by atoms with Gasteiger partial charge in [-0.25, -0.2) is 0 Å². The van der Waals surface area contributed by atoms with Crippen molar-refractivity contribution in [3.05, 3.63) is 29.8 Å². The minimum absolute atomic E-state index is 0.190. The lowest BCUT2D eigenvalue weighted by Crippen LogP contribution is -2.37. The number of hydrogen-bond acceptors (Lipinski definition) is 5. The number of methoxy groups -OCH3 is 1. The predicted molar refractivity (Wildman–Crippen MR) is 75.4 cm³/mol. The SMILES string of the molecule is COc1ccccc1C(=O)NCC(=O)OCC(=O)NCC(F)(F)F. The molecule has 1 aromatic carbocycles. The summed E-state index contributed by atoms with van der Waals surface area (Å²) in [6.07, 6.45) is -4.55. The summed E-state index contributed by atoms with van der Waals surface area (Å²) in [4.78, 5) is 34.3.